The minimum absolute atomic E-state index is 0.114. The average molecular weight is 259 g/mol. The van der Waals surface area contributed by atoms with Crippen LogP contribution in [0, 0.1) is 6.92 Å². The summed E-state index contributed by atoms with van der Waals surface area (Å²) < 4.78 is 1.78. The number of pyridine rings is 1. The molecule has 0 aliphatic rings. The molecule has 0 radical (unpaired) electrons. The fraction of sp³-hybridized carbons (Fsp3) is 0.250. The van der Waals surface area contributed by atoms with E-state index >= 15 is 0 Å². The zero-order valence-corrected chi connectivity index (χ0v) is 11.0. The van der Waals surface area contributed by atoms with Crippen LogP contribution in [0.4, 0.5) is 5.95 Å². The zero-order chi connectivity index (χ0) is 12.5. The van der Waals surface area contributed by atoms with Gasteiger partial charge in [-0.3, -0.25) is 0 Å². The van der Waals surface area contributed by atoms with Crippen molar-refractivity contribution in [2.24, 2.45) is 0 Å². The number of aryl methyl sites for hydroxylation is 1. The van der Waals surface area contributed by atoms with Gasteiger partial charge < -0.3 is 5.32 Å². The standard InChI is InChI=1S/C12H13N5S/c1-8-4-3-6-17-10(8)15-12(16-17)14-9(2)11-13-5-7-18-11/h3-7,9H,1-2H3,(H,14,16). The quantitative estimate of drug-likeness (QED) is 0.785. The lowest BCUT2D eigenvalue weighted by atomic mass is 10.3. The van der Waals surface area contributed by atoms with E-state index in [-0.39, 0.29) is 6.04 Å². The molecule has 0 saturated carbocycles. The number of nitrogens with one attached hydrogen (secondary N) is 1. The maximum Gasteiger partial charge on any atom is 0.243 e. The molecule has 0 aromatic carbocycles. The lowest BCUT2D eigenvalue weighted by molar-refractivity contribution is 0.842. The number of anilines is 1. The Hall–Kier alpha value is -1.95. The fourth-order valence-corrected chi connectivity index (χ4v) is 2.45. The Kier molecular flexibility index (Phi) is 2.71. The van der Waals surface area contributed by atoms with Gasteiger partial charge in [0.15, 0.2) is 5.65 Å². The first kappa shape index (κ1) is 11.2. The molecule has 18 heavy (non-hydrogen) atoms. The molecule has 3 rings (SSSR count). The first-order chi connectivity index (χ1) is 8.74. The molecule has 92 valence electrons. The molecule has 0 spiro atoms. The van der Waals surface area contributed by atoms with Crippen LogP contribution in [0.1, 0.15) is 23.5 Å². The Morgan fingerprint density at radius 2 is 2.33 bits per heavy atom. The van der Waals surface area contributed by atoms with E-state index in [2.05, 4.69) is 27.3 Å². The van der Waals surface area contributed by atoms with Crippen molar-refractivity contribution in [3.05, 3.63) is 40.5 Å². The van der Waals surface area contributed by atoms with Crippen molar-refractivity contribution in [3.8, 4) is 0 Å². The lowest BCUT2D eigenvalue weighted by Gasteiger charge is -2.07. The molecule has 3 aromatic rings. The molecule has 0 saturated heterocycles. The molecule has 3 heterocycles. The minimum Gasteiger partial charge on any atom is -0.344 e. The predicted octanol–water partition coefficient (Wildman–Crippen LogP) is 2.67. The first-order valence-electron chi connectivity index (χ1n) is 5.72. The van der Waals surface area contributed by atoms with Crippen molar-refractivity contribution in [2.45, 2.75) is 19.9 Å². The highest BCUT2D eigenvalue weighted by molar-refractivity contribution is 7.09. The second kappa shape index (κ2) is 4.38. The third-order valence-corrected chi connectivity index (χ3v) is 3.68. The molecule has 5 nitrogen and oxygen atoms in total. The number of thiazole rings is 1. The fourth-order valence-electron chi connectivity index (χ4n) is 1.80. The number of nitrogens with zero attached hydrogens (tertiary/aromatic N) is 4. The Morgan fingerprint density at radius 3 is 3.06 bits per heavy atom. The summed E-state index contributed by atoms with van der Waals surface area (Å²) in [6.45, 7) is 4.08. The van der Waals surface area contributed by atoms with Gasteiger partial charge in [0.2, 0.25) is 5.95 Å². The summed E-state index contributed by atoms with van der Waals surface area (Å²) in [5, 5.41) is 10.7. The van der Waals surface area contributed by atoms with E-state index in [9.17, 15) is 0 Å². The smallest absolute Gasteiger partial charge is 0.243 e. The molecule has 0 amide bonds. The molecule has 1 atom stereocenters. The van der Waals surface area contributed by atoms with Crippen molar-refractivity contribution in [3.63, 3.8) is 0 Å². The van der Waals surface area contributed by atoms with Gasteiger partial charge in [0, 0.05) is 17.8 Å². The van der Waals surface area contributed by atoms with Crippen LogP contribution in [0.15, 0.2) is 29.9 Å². The molecular formula is C12H13N5S. The molecule has 6 heteroatoms. The zero-order valence-electron chi connectivity index (χ0n) is 10.2. The van der Waals surface area contributed by atoms with Crippen molar-refractivity contribution >= 4 is 22.9 Å². The predicted molar refractivity (Wildman–Crippen MR) is 71.9 cm³/mol. The summed E-state index contributed by atoms with van der Waals surface area (Å²) in [5.74, 6) is 0.631. The molecule has 0 aliphatic carbocycles. The van der Waals surface area contributed by atoms with Crippen LogP contribution < -0.4 is 5.32 Å². The maximum absolute atomic E-state index is 4.48. The van der Waals surface area contributed by atoms with Gasteiger partial charge in [-0.05, 0) is 25.5 Å². The summed E-state index contributed by atoms with van der Waals surface area (Å²) in [7, 11) is 0. The molecule has 0 aliphatic heterocycles. The number of aromatic nitrogens is 4. The molecular weight excluding hydrogens is 246 g/mol. The first-order valence-corrected chi connectivity index (χ1v) is 6.60. The summed E-state index contributed by atoms with van der Waals surface area (Å²) in [4.78, 5) is 8.76. The third-order valence-electron chi connectivity index (χ3n) is 2.72. The minimum atomic E-state index is 0.114. The second-order valence-corrected chi connectivity index (χ2v) is 5.06. The van der Waals surface area contributed by atoms with Gasteiger partial charge in [-0.1, -0.05) is 6.07 Å². The topological polar surface area (TPSA) is 55.1 Å². The molecule has 0 bridgehead atoms. The summed E-state index contributed by atoms with van der Waals surface area (Å²) in [5.41, 5.74) is 1.99. The molecule has 3 aromatic heterocycles. The summed E-state index contributed by atoms with van der Waals surface area (Å²) in [6, 6.07) is 4.10. The largest absolute Gasteiger partial charge is 0.344 e. The molecule has 1 N–H and O–H groups in total. The van der Waals surface area contributed by atoms with Gasteiger partial charge in [-0.25, -0.2) is 9.50 Å². The van der Waals surface area contributed by atoms with E-state index in [4.69, 9.17) is 0 Å². The van der Waals surface area contributed by atoms with Gasteiger partial charge >= 0.3 is 0 Å². The van der Waals surface area contributed by atoms with E-state index in [1.807, 2.05) is 30.6 Å². The van der Waals surface area contributed by atoms with Crippen LogP contribution >= 0.6 is 11.3 Å². The van der Waals surface area contributed by atoms with Crippen molar-refractivity contribution in [2.75, 3.05) is 5.32 Å². The van der Waals surface area contributed by atoms with Gasteiger partial charge in [-0.15, -0.1) is 16.4 Å². The van der Waals surface area contributed by atoms with E-state index in [1.165, 1.54) is 0 Å². The molecule has 1 unspecified atom stereocenters. The Morgan fingerprint density at radius 1 is 1.44 bits per heavy atom. The van der Waals surface area contributed by atoms with E-state index < -0.39 is 0 Å². The van der Waals surface area contributed by atoms with Crippen LogP contribution in [0.2, 0.25) is 0 Å². The van der Waals surface area contributed by atoms with E-state index in [0.717, 1.165) is 16.2 Å². The number of rotatable bonds is 3. The van der Waals surface area contributed by atoms with Gasteiger partial charge in [-0.2, -0.15) is 4.98 Å². The van der Waals surface area contributed by atoms with Crippen molar-refractivity contribution in [1.29, 1.82) is 0 Å². The number of fused-ring (bicyclic) bond motifs is 1. The third kappa shape index (κ3) is 1.95. The van der Waals surface area contributed by atoms with Crippen LogP contribution in [0.3, 0.4) is 0 Å². The number of hydrogen-bond acceptors (Lipinski definition) is 5. The van der Waals surface area contributed by atoms with E-state index in [0.29, 0.717) is 5.95 Å². The highest BCUT2D eigenvalue weighted by Gasteiger charge is 2.11. The van der Waals surface area contributed by atoms with Crippen molar-refractivity contribution < 1.29 is 0 Å². The van der Waals surface area contributed by atoms with E-state index in [1.54, 1.807) is 22.0 Å². The van der Waals surface area contributed by atoms with Crippen LogP contribution in [-0.4, -0.2) is 19.6 Å². The van der Waals surface area contributed by atoms with Crippen LogP contribution in [-0.2, 0) is 0 Å². The van der Waals surface area contributed by atoms with Gasteiger partial charge in [0.1, 0.15) is 5.01 Å². The summed E-state index contributed by atoms with van der Waals surface area (Å²) in [6.07, 6.45) is 3.70. The number of hydrogen-bond donors (Lipinski definition) is 1. The SMILES string of the molecule is Cc1cccn2nc(NC(C)c3nccs3)nc12. The highest BCUT2D eigenvalue weighted by atomic mass is 32.1. The average Bonchev–Trinajstić information content (AvgIpc) is 2.97. The Bertz CT molecular complexity index is 658. The lowest BCUT2D eigenvalue weighted by Crippen LogP contribution is -2.07. The van der Waals surface area contributed by atoms with Crippen LogP contribution in [0.25, 0.3) is 5.65 Å². The summed E-state index contributed by atoms with van der Waals surface area (Å²) >= 11 is 1.62. The maximum atomic E-state index is 4.48. The highest BCUT2D eigenvalue weighted by Crippen LogP contribution is 2.19. The van der Waals surface area contributed by atoms with Crippen molar-refractivity contribution in [1.82, 2.24) is 19.6 Å². The Balaban J connectivity index is 1.89. The second-order valence-electron chi connectivity index (χ2n) is 4.13. The normalized spacial score (nSPS) is 12.8. The van der Waals surface area contributed by atoms with Gasteiger partial charge in [0.05, 0.1) is 6.04 Å². The van der Waals surface area contributed by atoms with Gasteiger partial charge in [0.25, 0.3) is 0 Å². The molecule has 0 fully saturated rings. The van der Waals surface area contributed by atoms with Crippen LogP contribution in [0.5, 0.6) is 0 Å². The monoisotopic (exact) mass is 259 g/mol. The Labute approximate surface area is 109 Å².